The molecule has 2 N–H and O–H groups in total. The third-order valence-corrected chi connectivity index (χ3v) is 4.36. The van der Waals surface area contributed by atoms with E-state index in [1.54, 1.807) is 12.1 Å². The molecule has 3 unspecified atom stereocenters. The van der Waals surface area contributed by atoms with Crippen molar-refractivity contribution >= 4 is 23.3 Å². The van der Waals surface area contributed by atoms with Crippen molar-refractivity contribution in [2.45, 2.75) is 46.1 Å². The Balaban J connectivity index is 2.06. The van der Waals surface area contributed by atoms with Gasteiger partial charge in [0.25, 0.3) is 5.91 Å². The number of carbonyl (C=O) groups excluding carboxylic acids is 1. The van der Waals surface area contributed by atoms with Crippen LogP contribution in [0.15, 0.2) is 12.1 Å². The van der Waals surface area contributed by atoms with E-state index in [0.29, 0.717) is 22.5 Å². The Hall–Kier alpha value is -1.29. The van der Waals surface area contributed by atoms with E-state index in [4.69, 9.17) is 11.6 Å². The molecule has 1 aromatic heterocycles. The summed E-state index contributed by atoms with van der Waals surface area (Å²) in [5, 5.41) is 6.57. The highest BCUT2D eigenvalue weighted by molar-refractivity contribution is 6.29. The van der Waals surface area contributed by atoms with E-state index >= 15 is 0 Å². The first-order chi connectivity index (χ1) is 9.99. The zero-order valence-corrected chi connectivity index (χ0v) is 13.7. The second-order valence-electron chi connectivity index (χ2n) is 6.07. The summed E-state index contributed by atoms with van der Waals surface area (Å²) in [6, 6.07) is 3.62. The normalized spacial score (nSPS) is 25.4. The maximum Gasteiger partial charge on any atom is 0.251 e. The minimum absolute atomic E-state index is 0.0649. The van der Waals surface area contributed by atoms with Crippen molar-refractivity contribution in [2.75, 3.05) is 11.9 Å². The van der Waals surface area contributed by atoms with Crippen molar-refractivity contribution in [3.05, 3.63) is 22.8 Å². The van der Waals surface area contributed by atoms with Crippen LogP contribution in [-0.4, -0.2) is 23.5 Å². The lowest BCUT2D eigenvalue weighted by Gasteiger charge is -2.33. The number of nitrogens with zero attached hydrogens (tertiary/aromatic N) is 1. The van der Waals surface area contributed by atoms with Crippen LogP contribution in [0.3, 0.4) is 0 Å². The average Bonchev–Trinajstić information content (AvgIpc) is 2.41. The molecule has 0 aromatic carbocycles. The average molecular weight is 310 g/mol. The number of hydrogen-bond acceptors (Lipinski definition) is 3. The molecule has 116 valence electrons. The first kappa shape index (κ1) is 16.1. The van der Waals surface area contributed by atoms with E-state index < -0.39 is 0 Å². The van der Waals surface area contributed by atoms with E-state index in [1.807, 2.05) is 6.92 Å². The molecule has 3 atom stereocenters. The lowest BCUT2D eigenvalue weighted by atomic mass is 9.80. The molecule has 5 heteroatoms. The molecule has 1 heterocycles. The molecular weight excluding hydrogens is 286 g/mol. The molecular formula is C16H24ClN3O. The monoisotopic (exact) mass is 309 g/mol. The highest BCUT2D eigenvalue weighted by Crippen LogP contribution is 2.28. The Bertz CT molecular complexity index is 506. The maximum absolute atomic E-state index is 12.4. The van der Waals surface area contributed by atoms with Gasteiger partial charge in [0.1, 0.15) is 11.0 Å². The highest BCUT2D eigenvalue weighted by atomic mass is 35.5. The molecule has 0 aliphatic heterocycles. The second kappa shape index (κ2) is 7.12. The Morgan fingerprint density at radius 3 is 2.81 bits per heavy atom. The van der Waals surface area contributed by atoms with Crippen molar-refractivity contribution in [1.29, 1.82) is 0 Å². The van der Waals surface area contributed by atoms with E-state index in [1.165, 1.54) is 12.8 Å². The molecule has 1 aliphatic rings. The number of halogens is 1. The number of hydrogen-bond donors (Lipinski definition) is 2. The van der Waals surface area contributed by atoms with E-state index in [-0.39, 0.29) is 11.9 Å². The molecule has 0 saturated heterocycles. The number of carbonyl (C=O) groups is 1. The van der Waals surface area contributed by atoms with Gasteiger partial charge in [-0.05, 0) is 50.2 Å². The predicted octanol–water partition coefficient (Wildman–Crippen LogP) is 3.72. The molecule has 1 fully saturated rings. The van der Waals surface area contributed by atoms with Crippen molar-refractivity contribution in [1.82, 2.24) is 10.3 Å². The minimum Gasteiger partial charge on any atom is -0.370 e. The van der Waals surface area contributed by atoms with E-state index in [0.717, 1.165) is 18.9 Å². The van der Waals surface area contributed by atoms with Crippen LogP contribution in [0.1, 0.15) is 50.4 Å². The third-order valence-electron chi connectivity index (χ3n) is 4.16. The van der Waals surface area contributed by atoms with Gasteiger partial charge in [0.05, 0.1) is 0 Å². The fraction of sp³-hybridized carbons (Fsp3) is 0.625. The van der Waals surface area contributed by atoms with Gasteiger partial charge in [-0.2, -0.15) is 0 Å². The Morgan fingerprint density at radius 1 is 1.38 bits per heavy atom. The summed E-state index contributed by atoms with van der Waals surface area (Å²) in [6.45, 7) is 7.21. The van der Waals surface area contributed by atoms with Crippen LogP contribution in [0, 0.1) is 11.8 Å². The predicted molar refractivity (Wildman–Crippen MR) is 86.8 cm³/mol. The fourth-order valence-electron chi connectivity index (χ4n) is 3.03. The zero-order valence-electron chi connectivity index (χ0n) is 12.9. The summed E-state index contributed by atoms with van der Waals surface area (Å²) in [5.74, 6) is 1.84. The quantitative estimate of drug-likeness (QED) is 0.833. The molecule has 0 spiro atoms. The van der Waals surface area contributed by atoms with Gasteiger partial charge in [0, 0.05) is 18.2 Å². The molecule has 1 aromatic rings. The van der Waals surface area contributed by atoms with Gasteiger partial charge in [-0.1, -0.05) is 25.4 Å². The molecule has 21 heavy (non-hydrogen) atoms. The van der Waals surface area contributed by atoms with Gasteiger partial charge < -0.3 is 10.6 Å². The maximum atomic E-state index is 12.4. The van der Waals surface area contributed by atoms with E-state index in [2.05, 4.69) is 29.5 Å². The summed E-state index contributed by atoms with van der Waals surface area (Å²) in [4.78, 5) is 16.6. The van der Waals surface area contributed by atoms with Crippen LogP contribution in [0.2, 0.25) is 5.15 Å². The van der Waals surface area contributed by atoms with Crippen LogP contribution in [0.4, 0.5) is 5.82 Å². The molecule has 1 aliphatic carbocycles. The summed E-state index contributed by atoms with van der Waals surface area (Å²) >= 11 is 5.99. The molecule has 0 bridgehead atoms. The van der Waals surface area contributed by atoms with Crippen molar-refractivity contribution in [2.24, 2.45) is 11.8 Å². The number of rotatable bonds is 4. The minimum atomic E-state index is -0.0649. The van der Waals surface area contributed by atoms with E-state index in [9.17, 15) is 4.79 Å². The number of amides is 1. The molecule has 1 amide bonds. The Kier molecular flexibility index (Phi) is 5.45. The van der Waals surface area contributed by atoms with Crippen LogP contribution in [0.5, 0.6) is 0 Å². The van der Waals surface area contributed by atoms with Gasteiger partial charge in [0.2, 0.25) is 0 Å². The standard InChI is InChI=1S/C16H24ClN3O/c1-4-18-15-9-12(8-14(17)20-15)16(21)19-13-6-5-10(2)7-11(13)3/h8-11,13H,4-7H2,1-3H3,(H,18,20)(H,19,21). The van der Waals surface area contributed by atoms with Gasteiger partial charge in [-0.25, -0.2) is 4.98 Å². The summed E-state index contributed by atoms with van der Waals surface area (Å²) < 4.78 is 0. The zero-order chi connectivity index (χ0) is 15.4. The molecule has 1 saturated carbocycles. The lowest BCUT2D eigenvalue weighted by Crippen LogP contribution is -2.42. The summed E-state index contributed by atoms with van der Waals surface area (Å²) in [7, 11) is 0. The van der Waals surface area contributed by atoms with Crippen molar-refractivity contribution < 1.29 is 4.79 Å². The molecule has 2 rings (SSSR count). The van der Waals surface area contributed by atoms with Crippen LogP contribution >= 0.6 is 11.6 Å². The fourth-order valence-corrected chi connectivity index (χ4v) is 3.24. The van der Waals surface area contributed by atoms with Crippen LogP contribution < -0.4 is 10.6 Å². The second-order valence-corrected chi connectivity index (χ2v) is 6.46. The molecule has 0 radical (unpaired) electrons. The Labute approximate surface area is 131 Å². The highest BCUT2D eigenvalue weighted by Gasteiger charge is 2.26. The Morgan fingerprint density at radius 2 is 2.14 bits per heavy atom. The largest absolute Gasteiger partial charge is 0.370 e. The van der Waals surface area contributed by atoms with Gasteiger partial charge in [0.15, 0.2) is 0 Å². The SMILES string of the molecule is CCNc1cc(C(=O)NC2CCC(C)CC2C)cc(Cl)n1. The third kappa shape index (κ3) is 4.34. The van der Waals surface area contributed by atoms with Crippen molar-refractivity contribution in [3.63, 3.8) is 0 Å². The number of anilines is 1. The van der Waals surface area contributed by atoms with Gasteiger partial charge >= 0.3 is 0 Å². The first-order valence-corrected chi connectivity index (χ1v) is 8.09. The lowest BCUT2D eigenvalue weighted by molar-refractivity contribution is 0.0899. The van der Waals surface area contributed by atoms with Crippen LogP contribution in [-0.2, 0) is 0 Å². The topological polar surface area (TPSA) is 54.0 Å². The number of aromatic nitrogens is 1. The summed E-state index contributed by atoms with van der Waals surface area (Å²) in [5.41, 5.74) is 0.566. The number of nitrogens with one attached hydrogen (secondary N) is 2. The van der Waals surface area contributed by atoms with Gasteiger partial charge in [-0.3, -0.25) is 4.79 Å². The molecule has 4 nitrogen and oxygen atoms in total. The van der Waals surface area contributed by atoms with Gasteiger partial charge in [-0.15, -0.1) is 0 Å². The van der Waals surface area contributed by atoms with Crippen molar-refractivity contribution in [3.8, 4) is 0 Å². The smallest absolute Gasteiger partial charge is 0.251 e. The van der Waals surface area contributed by atoms with Crippen LogP contribution in [0.25, 0.3) is 0 Å². The first-order valence-electron chi connectivity index (χ1n) is 7.72. The number of pyridine rings is 1. The summed E-state index contributed by atoms with van der Waals surface area (Å²) in [6.07, 6.45) is 3.40.